The quantitative estimate of drug-likeness (QED) is 0.799. The molecule has 7 heteroatoms. The molecule has 2 aromatic heterocycles. The largest absolute Gasteiger partial charge is 0.345 e. The number of nitrogens with zero attached hydrogens (tertiary/aromatic N) is 4. The highest BCUT2D eigenvalue weighted by atomic mass is 16.2. The molecule has 0 bridgehead atoms. The van der Waals surface area contributed by atoms with E-state index in [0.717, 1.165) is 5.56 Å². The standard InChI is InChI=1S/C17H17N5O2/c1-11-7-8-19-22-14(10-18-15(11)22)16(23)20-13-6-4-5-12(9-13)17(24)21(2)3/h4-10H,1-3H3,(H,20,23). The van der Waals surface area contributed by atoms with Gasteiger partial charge >= 0.3 is 0 Å². The summed E-state index contributed by atoms with van der Waals surface area (Å²) in [5.74, 6) is -0.465. The van der Waals surface area contributed by atoms with Gasteiger partial charge in [-0.2, -0.15) is 5.10 Å². The van der Waals surface area contributed by atoms with Crippen LogP contribution >= 0.6 is 0 Å². The fraction of sp³-hybridized carbons (Fsp3) is 0.176. The maximum atomic E-state index is 12.5. The van der Waals surface area contributed by atoms with Crippen molar-refractivity contribution >= 4 is 23.1 Å². The van der Waals surface area contributed by atoms with Crippen LogP contribution in [0.25, 0.3) is 5.65 Å². The van der Waals surface area contributed by atoms with E-state index in [1.165, 1.54) is 15.6 Å². The molecule has 3 aromatic rings. The number of benzene rings is 1. The van der Waals surface area contributed by atoms with E-state index in [9.17, 15) is 9.59 Å². The average molecular weight is 323 g/mol. The molecule has 2 heterocycles. The van der Waals surface area contributed by atoms with Gasteiger partial charge in [0, 0.05) is 31.5 Å². The summed E-state index contributed by atoms with van der Waals surface area (Å²) in [5.41, 5.74) is 2.94. The van der Waals surface area contributed by atoms with Gasteiger partial charge in [0.05, 0.1) is 6.20 Å². The third-order valence-electron chi connectivity index (χ3n) is 3.60. The molecule has 0 saturated carbocycles. The number of carbonyl (C=O) groups excluding carboxylic acids is 2. The number of amides is 2. The van der Waals surface area contributed by atoms with Crippen molar-refractivity contribution in [2.24, 2.45) is 0 Å². The van der Waals surface area contributed by atoms with E-state index in [4.69, 9.17) is 0 Å². The Hall–Kier alpha value is -3.22. The van der Waals surface area contributed by atoms with Crippen molar-refractivity contribution in [2.45, 2.75) is 6.92 Å². The Kier molecular flexibility index (Phi) is 3.99. The Balaban J connectivity index is 1.88. The van der Waals surface area contributed by atoms with Crippen LogP contribution in [0.5, 0.6) is 0 Å². The van der Waals surface area contributed by atoms with E-state index in [2.05, 4.69) is 15.4 Å². The van der Waals surface area contributed by atoms with Crippen LogP contribution in [-0.2, 0) is 0 Å². The second-order valence-corrected chi connectivity index (χ2v) is 5.63. The van der Waals surface area contributed by atoms with Crippen LogP contribution in [0.2, 0.25) is 0 Å². The summed E-state index contributed by atoms with van der Waals surface area (Å²) >= 11 is 0. The van der Waals surface area contributed by atoms with E-state index in [1.54, 1.807) is 44.6 Å². The number of nitrogens with one attached hydrogen (secondary N) is 1. The molecule has 3 rings (SSSR count). The second-order valence-electron chi connectivity index (χ2n) is 5.63. The maximum Gasteiger partial charge on any atom is 0.276 e. The number of aromatic nitrogens is 3. The zero-order chi connectivity index (χ0) is 17.3. The number of hydrogen-bond donors (Lipinski definition) is 1. The average Bonchev–Trinajstić information content (AvgIpc) is 3.00. The molecule has 0 fully saturated rings. The van der Waals surface area contributed by atoms with Crippen LogP contribution in [0.15, 0.2) is 42.7 Å². The number of anilines is 1. The molecule has 1 N–H and O–H groups in total. The highest BCUT2D eigenvalue weighted by Gasteiger charge is 2.15. The van der Waals surface area contributed by atoms with Crippen LogP contribution in [0.3, 0.4) is 0 Å². The first-order valence-corrected chi connectivity index (χ1v) is 7.40. The molecule has 0 aliphatic rings. The first-order chi connectivity index (χ1) is 11.5. The lowest BCUT2D eigenvalue weighted by atomic mass is 10.2. The molecular formula is C17H17N5O2. The molecule has 0 unspecified atom stereocenters. The van der Waals surface area contributed by atoms with Gasteiger partial charge in [-0.3, -0.25) is 9.59 Å². The molecular weight excluding hydrogens is 306 g/mol. The maximum absolute atomic E-state index is 12.5. The molecule has 0 aliphatic heterocycles. The number of imidazole rings is 1. The Morgan fingerprint density at radius 2 is 2.00 bits per heavy atom. The third kappa shape index (κ3) is 2.83. The second kappa shape index (κ2) is 6.11. The van der Waals surface area contributed by atoms with Gasteiger partial charge in [-0.25, -0.2) is 9.50 Å². The van der Waals surface area contributed by atoms with Gasteiger partial charge in [-0.1, -0.05) is 6.07 Å². The minimum Gasteiger partial charge on any atom is -0.345 e. The zero-order valence-corrected chi connectivity index (χ0v) is 13.6. The van der Waals surface area contributed by atoms with Gasteiger partial charge in [-0.15, -0.1) is 0 Å². The summed E-state index contributed by atoms with van der Waals surface area (Å²) in [6.07, 6.45) is 3.11. The summed E-state index contributed by atoms with van der Waals surface area (Å²) in [4.78, 5) is 30.2. The van der Waals surface area contributed by atoms with Gasteiger partial charge in [-0.05, 0) is 36.8 Å². The van der Waals surface area contributed by atoms with E-state index >= 15 is 0 Å². The normalized spacial score (nSPS) is 10.6. The molecule has 2 amide bonds. The summed E-state index contributed by atoms with van der Waals surface area (Å²) in [7, 11) is 3.36. The molecule has 0 radical (unpaired) electrons. The lowest BCUT2D eigenvalue weighted by Gasteiger charge is -2.11. The SMILES string of the molecule is Cc1ccnn2c(C(=O)Nc3cccc(C(=O)N(C)C)c3)cnc12. The van der Waals surface area contributed by atoms with Crippen molar-refractivity contribution < 1.29 is 9.59 Å². The van der Waals surface area contributed by atoms with Crippen LogP contribution in [0.4, 0.5) is 5.69 Å². The Bertz CT molecular complexity index is 930. The van der Waals surface area contributed by atoms with Crippen LogP contribution in [-0.4, -0.2) is 45.4 Å². The third-order valence-corrected chi connectivity index (χ3v) is 3.60. The fourth-order valence-electron chi connectivity index (χ4n) is 2.36. The van der Waals surface area contributed by atoms with Gasteiger partial charge in [0.1, 0.15) is 0 Å². The number of aryl methyl sites for hydroxylation is 1. The first kappa shape index (κ1) is 15.7. The van der Waals surface area contributed by atoms with Crippen LogP contribution < -0.4 is 5.32 Å². The van der Waals surface area contributed by atoms with Crippen molar-refractivity contribution in [2.75, 3.05) is 19.4 Å². The molecule has 0 saturated heterocycles. The minimum atomic E-state index is -0.338. The fourth-order valence-corrected chi connectivity index (χ4v) is 2.36. The van der Waals surface area contributed by atoms with Crippen molar-refractivity contribution in [1.82, 2.24) is 19.5 Å². The van der Waals surface area contributed by atoms with Gasteiger partial charge in [0.25, 0.3) is 11.8 Å². The van der Waals surface area contributed by atoms with E-state index in [1.807, 2.05) is 13.0 Å². The van der Waals surface area contributed by atoms with E-state index < -0.39 is 0 Å². The summed E-state index contributed by atoms with van der Waals surface area (Å²) in [6, 6.07) is 8.63. The Labute approximate surface area is 138 Å². The molecule has 0 spiro atoms. The van der Waals surface area contributed by atoms with Gasteiger partial charge < -0.3 is 10.2 Å². The first-order valence-electron chi connectivity index (χ1n) is 7.40. The predicted molar refractivity (Wildman–Crippen MR) is 90.1 cm³/mol. The number of fused-ring (bicyclic) bond motifs is 1. The predicted octanol–water partition coefficient (Wildman–Crippen LogP) is 1.99. The summed E-state index contributed by atoms with van der Waals surface area (Å²) in [5, 5.41) is 6.95. The monoisotopic (exact) mass is 323 g/mol. The molecule has 7 nitrogen and oxygen atoms in total. The number of hydrogen-bond acceptors (Lipinski definition) is 4. The minimum absolute atomic E-state index is 0.127. The van der Waals surface area contributed by atoms with E-state index in [-0.39, 0.29) is 11.8 Å². The smallest absolute Gasteiger partial charge is 0.276 e. The number of carbonyl (C=O) groups is 2. The van der Waals surface area contributed by atoms with Crippen molar-refractivity contribution in [3.8, 4) is 0 Å². The topological polar surface area (TPSA) is 79.6 Å². The van der Waals surface area contributed by atoms with Crippen LogP contribution in [0, 0.1) is 6.92 Å². The molecule has 122 valence electrons. The Morgan fingerprint density at radius 3 is 2.75 bits per heavy atom. The highest BCUT2D eigenvalue weighted by molar-refractivity contribution is 6.04. The molecule has 24 heavy (non-hydrogen) atoms. The number of rotatable bonds is 3. The summed E-state index contributed by atoms with van der Waals surface area (Å²) in [6.45, 7) is 1.90. The lowest BCUT2D eigenvalue weighted by molar-refractivity contribution is 0.0827. The Morgan fingerprint density at radius 1 is 1.21 bits per heavy atom. The van der Waals surface area contributed by atoms with Crippen LogP contribution in [0.1, 0.15) is 26.4 Å². The lowest BCUT2D eigenvalue weighted by Crippen LogP contribution is -2.22. The van der Waals surface area contributed by atoms with E-state index in [0.29, 0.717) is 22.6 Å². The van der Waals surface area contributed by atoms with Crippen molar-refractivity contribution in [3.63, 3.8) is 0 Å². The summed E-state index contributed by atoms with van der Waals surface area (Å²) < 4.78 is 1.50. The van der Waals surface area contributed by atoms with Crippen molar-refractivity contribution in [1.29, 1.82) is 0 Å². The molecule has 0 aliphatic carbocycles. The zero-order valence-electron chi connectivity index (χ0n) is 13.6. The van der Waals surface area contributed by atoms with Gasteiger partial charge in [0.15, 0.2) is 11.3 Å². The van der Waals surface area contributed by atoms with Crippen molar-refractivity contribution in [3.05, 3.63) is 59.5 Å². The highest BCUT2D eigenvalue weighted by Crippen LogP contribution is 2.15. The van der Waals surface area contributed by atoms with Gasteiger partial charge in [0.2, 0.25) is 0 Å². The molecule has 1 aromatic carbocycles. The molecule has 0 atom stereocenters.